The van der Waals surface area contributed by atoms with E-state index >= 15 is 0 Å². The predicted octanol–water partition coefficient (Wildman–Crippen LogP) is 4.17. The maximum atomic E-state index is 13.3. The molecule has 1 aliphatic heterocycles. The zero-order chi connectivity index (χ0) is 21.5. The van der Waals surface area contributed by atoms with Crippen LogP contribution in [0.3, 0.4) is 0 Å². The number of nitrogens with zero attached hydrogens (tertiary/aromatic N) is 2. The summed E-state index contributed by atoms with van der Waals surface area (Å²) < 4.78 is 5.82. The van der Waals surface area contributed by atoms with Crippen molar-refractivity contribution >= 4 is 33.3 Å². The minimum atomic E-state index is -0.0975. The fourth-order valence-corrected chi connectivity index (χ4v) is 4.27. The summed E-state index contributed by atoms with van der Waals surface area (Å²) in [5.74, 6) is 0.889. The SMILES string of the molecule is CN(C)CCOc1ccc2[nH]c(C(=O)N3CCc4c3cc(O)c3ccccc43)cc2c1. The number of rotatable bonds is 5. The van der Waals surface area contributed by atoms with Crippen molar-refractivity contribution in [2.75, 3.05) is 38.7 Å². The number of phenolic OH excluding ortho intramolecular Hbond substituents is 1. The first-order valence-corrected chi connectivity index (χ1v) is 10.5. The second kappa shape index (κ2) is 7.63. The van der Waals surface area contributed by atoms with Crippen LogP contribution >= 0.6 is 0 Å². The van der Waals surface area contributed by atoms with Gasteiger partial charge in [-0.05, 0) is 55.7 Å². The molecule has 2 heterocycles. The fourth-order valence-electron chi connectivity index (χ4n) is 4.27. The number of ether oxygens (including phenoxy) is 1. The second-order valence-corrected chi connectivity index (χ2v) is 8.23. The first-order chi connectivity index (χ1) is 15.0. The minimum absolute atomic E-state index is 0.0975. The molecule has 4 aromatic rings. The molecular formula is C25H25N3O3. The van der Waals surface area contributed by atoms with Crippen molar-refractivity contribution in [2.45, 2.75) is 6.42 Å². The second-order valence-electron chi connectivity index (χ2n) is 8.23. The van der Waals surface area contributed by atoms with Gasteiger partial charge in [-0.25, -0.2) is 0 Å². The normalized spacial score (nSPS) is 13.3. The molecule has 0 aliphatic carbocycles. The maximum absolute atomic E-state index is 13.3. The molecule has 1 aliphatic rings. The lowest BCUT2D eigenvalue weighted by Gasteiger charge is -2.17. The first kappa shape index (κ1) is 19.5. The van der Waals surface area contributed by atoms with Crippen molar-refractivity contribution in [2.24, 2.45) is 0 Å². The number of amides is 1. The summed E-state index contributed by atoms with van der Waals surface area (Å²) in [7, 11) is 4.02. The molecule has 158 valence electrons. The van der Waals surface area contributed by atoms with Crippen LogP contribution in [0.15, 0.2) is 54.6 Å². The van der Waals surface area contributed by atoms with E-state index in [9.17, 15) is 9.90 Å². The van der Waals surface area contributed by atoms with Crippen molar-refractivity contribution in [3.05, 3.63) is 65.9 Å². The average Bonchev–Trinajstić information content (AvgIpc) is 3.37. The van der Waals surface area contributed by atoms with Gasteiger partial charge in [-0.2, -0.15) is 0 Å². The first-order valence-electron chi connectivity index (χ1n) is 10.5. The van der Waals surface area contributed by atoms with Crippen LogP contribution in [-0.2, 0) is 6.42 Å². The van der Waals surface area contributed by atoms with E-state index in [4.69, 9.17) is 4.74 Å². The third-order valence-corrected chi connectivity index (χ3v) is 5.86. The molecule has 3 aromatic carbocycles. The van der Waals surface area contributed by atoms with Crippen LogP contribution in [0.25, 0.3) is 21.7 Å². The third kappa shape index (κ3) is 3.49. The quantitative estimate of drug-likeness (QED) is 0.513. The van der Waals surface area contributed by atoms with Crippen molar-refractivity contribution in [3.8, 4) is 11.5 Å². The van der Waals surface area contributed by atoms with Crippen molar-refractivity contribution in [3.63, 3.8) is 0 Å². The summed E-state index contributed by atoms with van der Waals surface area (Å²) in [5, 5.41) is 13.3. The molecule has 31 heavy (non-hydrogen) atoms. The van der Waals surface area contributed by atoms with E-state index in [1.54, 1.807) is 11.0 Å². The number of aromatic hydroxyl groups is 1. The maximum Gasteiger partial charge on any atom is 0.274 e. The lowest BCUT2D eigenvalue weighted by atomic mass is 10.0. The summed E-state index contributed by atoms with van der Waals surface area (Å²) in [4.78, 5) is 20.4. The molecule has 5 rings (SSSR count). The molecule has 0 atom stereocenters. The van der Waals surface area contributed by atoms with E-state index < -0.39 is 0 Å². The van der Waals surface area contributed by atoms with Crippen LogP contribution in [0.5, 0.6) is 11.5 Å². The van der Waals surface area contributed by atoms with Crippen LogP contribution in [0.1, 0.15) is 16.1 Å². The lowest BCUT2D eigenvalue weighted by molar-refractivity contribution is 0.0985. The minimum Gasteiger partial charge on any atom is -0.507 e. The van der Waals surface area contributed by atoms with Gasteiger partial charge in [0.2, 0.25) is 0 Å². The number of phenols is 1. The third-order valence-electron chi connectivity index (χ3n) is 5.86. The molecule has 2 N–H and O–H groups in total. The molecule has 6 heteroatoms. The number of hydrogen-bond acceptors (Lipinski definition) is 4. The Labute approximate surface area is 180 Å². The molecule has 6 nitrogen and oxygen atoms in total. The van der Waals surface area contributed by atoms with Gasteiger partial charge >= 0.3 is 0 Å². The standard InChI is InChI=1S/C25H25N3O3/c1-27(2)11-12-31-17-7-8-21-16(13-17)14-22(26-21)25(30)28-10-9-19-18-5-3-4-6-20(18)24(29)15-23(19)28/h3-8,13-15,26,29H,9-12H2,1-2H3. The van der Waals surface area contributed by atoms with Gasteiger partial charge < -0.3 is 24.6 Å². The number of nitrogens with one attached hydrogen (secondary N) is 1. The van der Waals surface area contributed by atoms with E-state index in [0.717, 1.165) is 51.6 Å². The number of likely N-dealkylation sites (N-methyl/N-ethyl adjacent to an activating group) is 1. The number of aromatic nitrogens is 1. The van der Waals surface area contributed by atoms with E-state index in [1.165, 1.54) is 0 Å². The van der Waals surface area contributed by atoms with Crippen LogP contribution in [0.2, 0.25) is 0 Å². The van der Waals surface area contributed by atoms with Crippen LogP contribution in [-0.4, -0.2) is 54.7 Å². The summed E-state index contributed by atoms with van der Waals surface area (Å²) >= 11 is 0. The summed E-state index contributed by atoms with van der Waals surface area (Å²) in [6.07, 6.45) is 0.770. The molecule has 0 saturated carbocycles. The van der Waals surface area contributed by atoms with Crippen molar-refractivity contribution < 1.29 is 14.6 Å². The van der Waals surface area contributed by atoms with Crippen molar-refractivity contribution in [1.82, 2.24) is 9.88 Å². The van der Waals surface area contributed by atoms with Crippen LogP contribution < -0.4 is 9.64 Å². The van der Waals surface area contributed by atoms with Gasteiger partial charge in [-0.1, -0.05) is 24.3 Å². The number of fused-ring (bicyclic) bond motifs is 4. The molecule has 0 spiro atoms. The highest BCUT2D eigenvalue weighted by Crippen LogP contribution is 2.40. The van der Waals surface area contributed by atoms with Gasteiger partial charge in [0.05, 0.1) is 5.69 Å². The number of anilines is 1. The average molecular weight is 415 g/mol. The summed E-state index contributed by atoms with van der Waals surface area (Å²) in [6.45, 7) is 2.04. The molecule has 0 bridgehead atoms. The van der Waals surface area contributed by atoms with E-state index in [1.807, 2.05) is 62.6 Å². The molecule has 0 radical (unpaired) electrons. The molecule has 1 aromatic heterocycles. The van der Waals surface area contributed by atoms with Gasteiger partial charge in [-0.15, -0.1) is 0 Å². The highest BCUT2D eigenvalue weighted by molar-refractivity contribution is 6.10. The summed E-state index contributed by atoms with van der Waals surface area (Å²) in [6, 6.07) is 17.2. The Hall–Kier alpha value is -3.51. The Kier molecular flexibility index (Phi) is 4.79. The van der Waals surface area contributed by atoms with Crippen LogP contribution in [0, 0.1) is 0 Å². The van der Waals surface area contributed by atoms with E-state index in [2.05, 4.69) is 9.88 Å². The predicted molar refractivity (Wildman–Crippen MR) is 123 cm³/mol. The molecule has 0 unspecified atom stereocenters. The van der Waals surface area contributed by atoms with Gasteiger partial charge in [-0.3, -0.25) is 4.79 Å². The highest BCUT2D eigenvalue weighted by atomic mass is 16.5. The number of H-pyrrole nitrogens is 1. The molecule has 1 amide bonds. The van der Waals surface area contributed by atoms with E-state index in [-0.39, 0.29) is 11.7 Å². The Bertz CT molecular complexity index is 1290. The largest absolute Gasteiger partial charge is 0.507 e. The number of hydrogen-bond donors (Lipinski definition) is 2. The van der Waals surface area contributed by atoms with Gasteiger partial charge in [0.25, 0.3) is 5.91 Å². The van der Waals surface area contributed by atoms with Gasteiger partial charge in [0.15, 0.2) is 0 Å². The Balaban J connectivity index is 1.44. The van der Waals surface area contributed by atoms with Crippen LogP contribution in [0.4, 0.5) is 5.69 Å². The smallest absolute Gasteiger partial charge is 0.274 e. The number of carbonyl (C=O) groups is 1. The number of benzene rings is 3. The monoisotopic (exact) mass is 415 g/mol. The Morgan fingerprint density at radius 3 is 2.74 bits per heavy atom. The topological polar surface area (TPSA) is 68.8 Å². The molecular weight excluding hydrogens is 390 g/mol. The molecule has 0 saturated heterocycles. The Morgan fingerprint density at radius 1 is 1.13 bits per heavy atom. The zero-order valence-electron chi connectivity index (χ0n) is 17.7. The lowest BCUT2D eigenvalue weighted by Crippen LogP contribution is -2.29. The summed E-state index contributed by atoms with van der Waals surface area (Å²) in [5.41, 5.74) is 3.31. The highest BCUT2D eigenvalue weighted by Gasteiger charge is 2.29. The molecule has 0 fully saturated rings. The van der Waals surface area contributed by atoms with Gasteiger partial charge in [0, 0.05) is 35.4 Å². The van der Waals surface area contributed by atoms with E-state index in [0.29, 0.717) is 18.8 Å². The number of carbonyl (C=O) groups excluding carboxylic acids is 1. The zero-order valence-corrected chi connectivity index (χ0v) is 17.7. The fraction of sp³-hybridized carbons (Fsp3) is 0.240. The number of aromatic amines is 1. The Morgan fingerprint density at radius 2 is 1.94 bits per heavy atom. The van der Waals surface area contributed by atoms with Gasteiger partial charge in [0.1, 0.15) is 23.8 Å². The van der Waals surface area contributed by atoms with Crippen molar-refractivity contribution in [1.29, 1.82) is 0 Å².